The molecule has 1 fully saturated rings. The van der Waals surface area contributed by atoms with Crippen molar-refractivity contribution in [1.82, 2.24) is 10.2 Å². The Bertz CT molecular complexity index is 886. The highest BCUT2D eigenvalue weighted by atomic mass is 16.5. The summed E-state index contributed by atoms with van der Waals surface area (Å²) in [4.78, 5) is 38.2. The van der Waals surface area contributed by atoms with E-state index in [0.717, 1.165) is 5.56 Å². The Labute approximate surface area is 181 Å². The van der Waals surface area contributed by atoms with Crippen molar-refractivity contribution in [2.24, 2.45) is 0 Å². The minimum absolute atomic E-state index is 0.0150. The normalized spacial score (nSPS) is 15.8. The van der Waals surface area contributed by atoms with E-state index < -0.39 is 11.8 Å². The van der Waals surface area contributed by atoms with Crippen LogP contribution in [0.2, 0.25) is 0 Å². The molecule has 2 aromatic rings. The predicted molar refractivity (Wildman–Crippen MR) is 116 cm³/mol. The standard InChI is InChI=1S/C23H27N3O5/c1-30-19-11-9-18(10-12-19)25-23(29)22(28)24-13-5-8-21(27)26-14-15-31-20(16-26)17-6-3-2-4-7-17/h2-4,6-7,9-12,20H,5,8,13-16H2,1H3,(H,24,28)(H,25,29). The van der Waals surface area contributed by atoms with Crippen LogP contribution in [0.4, 0.5) is 5.69 Å². The molecule has 164 valence electrons. The zero-order valence-electron chi connectivity index (χ0n) is 17.5. The van der Waals surface area contributed by atoms with E-state index in [4.69, 9.17) is 9.47 Å². The molecule has 31 heavy (non-hydrogen) atoms. The first-order chi connectivity index (χ1) is 15.1. The van der Waals surface area contributed by atoms with Crippen molar-refractivity contribution in [3.8, 4) is 5.75 Å². The molecular weight excluding hydrogens is 398 g/mol. The average Bonchev–Trinajstić information content (AvgIpc) is 2.82. The number of carbonyl (C=O) groups excluding carboxylic acids is 3. The van der Waals surface area contributed by atoms with Crippen LogP contribution in [-0.4, -0.2) is 56.0 Å². The number of hydrogen-bond acceptors (Lipinski definition) is 5. The Hall–Kier alpha value is -3.39. The number of nitrogens with one attached hydrogen (secondary N) is 2. The van der Waals surface area contributed by atoms with E-state index in [0.29, 0.717) is 44.0 Å². The maximum absolute atomic E-state index is 12.5. The van der Waals surface area contributed by atoms with Gasteiger partial charge in [0.05, 0.1) is 20.3 Å². The van der Waals surface area contributed by atoms with Crippen LogP contribution in [0.5, 0.6) is 5.75 Å². The molecule has 1 unspecified atom stereocenters. The zero-order chi connectivity index (χ0) is 22.1. The average molecular weight is 425 g/mol. The van der Waals surface area contributed by atoms with Crippen molar-refractivity contribution < 1.29 is 23.9 Å². The summed E-state index contributed by atoms with van der Waals surface area (Å²) in [7, 11) is 1.55. The Morgan fingerprint density at radius 2 is 1.81 bits per heavy atom. The molecule has 0 bridgehead atoms. The number of carbonyl (C=O) groups is 3. The summed E-state index contributed by atoms with van der Waals surface area (Å²) in [6.45, 7) is 1.80. The molecule has 1 heterocycles. The lowest BCUT2D eigenvalue weighted by molar-refractivity contribution is -0.139. The van der Waals surface area contributed by atoms with Crippen molar-refractivity contribution in [2.45, 2.75) is 18.9 Å². The molecule has 0 spiro atoms. The van der Waals surface area contributed by atoms with Crippen LogP contribution in [0.3, 0.4) is 0 Å². The van der Waals surface area contributed by atoms with Gasteiger partial charge in [0.25, 0.3) is 0 Å². The number of morpholine rings is 1. The van der Waals surface area contributed by atoms with E-state index in [1.165, 1.54) is 0 Å². The van der Waals surface area contributed by atoms with Crippen molar-refractivity contribution in [3.05, 3.63) is 60.2 Å². The molecule has 3 rings (SSSR count). The molecule has 3 amide bonds. The van der Waals surface area contributed by atoms with Gasteiger partial charge in [0, 0.05) is 25.2 Å². The Morgan fingerprint density at radius 1 is 1.06 bits per heavy atom. The van der Waals surface area contributed by atoms with E-state index in [1.54, 1.807) is 36.3 Å². The van der Waals surface area contributed by atoms with Crippen molar-refractivity contribution in [2.75, 3.05) is 38.7 Å². The van der Waals surface area contributed by atoms with E-state index in [9.17, 15) is 14.4 Å². The zero-order valence-corrected chi connectivity index (χ0v) is 17.5. The first-order valence-corrected chi connectivity index (χ1v) is 10.2. The largest absolute Gasteiger partial charge is 0.497 e. The van der Waals surface area contributed by atoms with E-state index in [1.807, 2.05) is 30.3 Å². The summed E-state index contributed by atoms with van der Waals surface area (Å²) in [6.07, 6.45) is 0.621. The topological polar surface area (TPSA) is 97.0 Å². The minimum atomic E-state index is -0.754. The lowest BCUT2D eigenvalue weighted by atomic mass is 10.1. The fraction of sp³-hybridized carbons (Fsp3) is 0.348. The number of ether oxygens (including phenoxy) is 2. The van der Waals surface area contributed by atoms with Crippen molar-refractivity contribution in [3.63, 3.8) is 0 Å². The molecule has 0 aliphatic carbocycles. The van der Waals surface area contributed by atoms with Gasteiger partial charge in [-0.25, -0.2) is 0 Å². The third-order valence-electron chi connectivity index (χ3n) is 5.00. The van der Waals surface area contributed by atoms with Gasteiger partial charge in [-0.1, -0.05) is 30.3 Å². The Balaban J connectivity index is 1.37. The maximum atomic E-state index is 12.5. The summed E-state index contributed by atoms with van der Waals surface area (Å²) in [5.41, 5.74) is 1.55. The van der Waals surface area contributed by atoms with Gasteiger partial charge in [-0.05, 0) is 36.2 Å². The molecular formula is C23H27N3O5. The molecule has 0 radical (unpaired) electrons. The molecule has 8 nitrogen and oxygen atoms in total. The first kappa shape index (κ1) is 22.3. The van der Waals surface area contributed by atoms with Crippen LogP contribution < -0.4 is 15.4 Å². The number of anilines is 1. The fourth-order valence-electron chi connectivity index (χ4n) is 3.29. The highest BCUT2D eigenvalue weighted by Crippen LogP contribution is 2.22. The van der Waals surface area contributed by atoms with Gasteiger partial charge >= 0.3 is 11.8 Å². The smallest absolute Gasteiger partial charge is 0.313 e. The summed E-state index contributed by atoms with van der Waals surface area (Å²) in [5, 5.41) is 5.07. The monoisotopic (exact) mass is 425 g/mol. The number of methoxy groups -OCH3 is 1. The molecule has 8 heteroatoms. The van der Waals surface area contributed by atoms with E-state index in [-0.39, 0.29) is 18.6 Å². The number of hydrogen-bond donors (Lipinski definition) is 2. The summed E-state index contributed by atoms with van der Waals surface area (Å²) >= 11 is 0. The van der Waals surface area contributed by atoms with Crippen LogP contribution in [0, 0.1) is 0 Å². The van der Waals surface area contributed by atoms with E-state index in [2.05, 4.69) is 10.6 Å². The lowest BCUT2D eigenvalue weighted by Crippen LogP contribution is -2.42. The summed E-state index contributed by atoms with van der Waals surface area (Å²) < 4.78 is 10.8. The minimum Gasteiger partial charge on any atom is -0.497 e. The van der Waals surface area contributed by atoms with Crippen LogP contribution >= 0.6 is 0 Å². The molecule has 1 saturated heterocycles. The quantitative estimate of drug-likeness (QED) is 0.523. The summed E-state index contributed by atoms with van der Waals surface area (Å²) in [6, 6.07) is 16.5. The van der Waals surface area contributed by atoms with Crippen LogP contribution in [0.1, 0.15) is 24.5 Å². The maximum Gasteiger partial charge on any atom is 0.313 e. The molecule has 2 aromatic carbocycles. The van der Waals surface area contributed by atoms with Gasteiger partial charge in [-0.3, -0.25) is 14.4 Å². The number of benzene rings is 2. The lowest BCUT2D eigenvalue weighted by Gasteiger charge is -2.33. The van der Waals surface area contributed by atoms with Gasteiger partial charge in [0.2, 0.25) is 5.91 Å². The molecule has 0 saturated carbocycles. The molecule has 1 atom stereocenters. The molecule has 2 N–H and O–H groups in total. The number of rotatable bonds is 7. The predicted octanol–water partition coefficient (Wildman–Crippen LogP) is 2.13. The van der Waals surface area contributed by atoms with Gasteiger partial charge < -0.3 is 25.0 Å². The van der Waals surface area contributed by atoms with Crippen LogP contribution in [0.25, 0.3) is 0 Å². The molecule has 1 aliphatic rings. The van der Waals surface area contributed by atoms with Gasteiger partial charge in [0.1, 0.15) is 11.9 Å². The second-order valence-electron chi connectivity index (χ2n) is 7.15. The third kappa shape index (κ3) is 6.55. The highest BCUT2D eigenvalue weighted by Gasteiger charge is 2.25. The first-order valence-electron chi connectivity index (χ1n) is 10.2. The van der Waals surface area contributed by atoms with Crippen LogP contribution in [0.15, 0.2) is 54.6 Å². The number of nitrogens with zero attached hydrogens (tertiary/aromatic N) is 1. The van der Waals surface area contributed by atoms with E-state index >= 15 is 0 Å². The highest BCUT2D eigenvalue weighted by molar-refractivity contribution is 6.39. The Morgan fingerprint density at radius 3 is 2.52 bits per heavy atom. The molecule has 0 aromatic heterocycles. The van der Waals surface area contributed by atoms with Gasteiger partial charge in [0.15, 0.2) is 0 Å². The molecule has 1 aliphatic heterocycles. The van der Waals surface area contributed by atoms with Crippen molar-refractivity contribution >= 4 is 23.4 Å². The van der Waals surface area contributed by atoms with Gasteiger partial charge in [-0.2, -0.15) is 0 Å². The fourth-order valence-corrected chi connectivity index (χ4v) is 3.29. The van der Waals surface area contributed by atoms with Crippen molar-refractivity contribution in [1.29, 1.82) is 0 Å². The Kier molecular flexibility index (Phi) is 8.00. The third-order valence-corrected chi connectivity index (χ3v) is 5.00. The van der Waals surface area contributed by atoms with Crippen LogP contribution in [-0.2, 0) is 19.1 Å². The second kappa shape index (κ2) is 11.1. The SMILES string of the molecule is COc1ccc(NC(=O)C(=O)NCCCC(=O)N2CCOC(c3ccccc3)C2)cc1. The second-order valence-corrected chi connectivity index (χ2v) is 7.15. The number of amides is 3. The van der Waals surface area contributed by atoms with Gasteiger partial charge in [-0.15, -0.1) is 0 Å². The summed E-state index contributed by atoms with van der Waals surface area (Å²) in [5.74, 6) is -0.821.